The molecule has 0 aliphatic carbocycles. The van der Waals surface area contributed by atoms with Gasteiger partial charge in [-0.1, -0.05) is 27.2 Å². The summed E-state index contributed by atoms with van der Waals surface area (Å²) in [6.45, 7) is 5.88. The minimum atomic E-state index is -0.802. The molecule has 0 fully saturated rings. The molecule has 3 nitrogen and oxygen atoms in total. The van der Waals surface area contributed by atoms with Crippen molar-refractivity contribution in [1.82, 2.24) is 0 Å². The number of hydrogen-bond donors (Lipinski definition) is 1. The average Bonchev–Trinajstić information content (AvgIpc) is 2.03. The van der Waals surface area contributed by atoms with Crippen LogP contribution in [-0.4, -0.2) is 18.6 Å². The first-order chi connectivity index (χ1) is 5.49. The molecule has 2 N–H and O–H groups in total. The second-order valence-electron chi connectivity index (χ2n) is 3.44. The van der Waals surface area contributed by atoms with Crippen molar-refractivity contribution in [2.45, 2.75) is 39.2 Å². The molecule has 0 amide bonds. The Morgan fingerprint density at radius 3 is 2.33 bits per heavy atom. The minimum absolute atomic E-state index is 0.116. The molecule has 0 spiro atoms. The number of rotatable bonds is 4. The molecule has 1 atom stereocenters. The highest BCUT2D eigenvalue weighted by Gasteiger charge is 2.37. The van der Waals surface area contributed by atoms with Crippen LogP contribution >= 0.6 is 0 Å². The Hall–Kier alpha value is -0.570. The summed E-state index contributed by atoms with van der Waals surface area (Å²) in [7, 11) is 1.38. The molecule has 12 heavy (non-hydrogen) atoms. The molecule has 0 saturated heterocycles. The van der Waals surface area contributed by atoms with Gasteiger partial charge < -0.3 is 10.5 Å². The van der Waals surface area contributed by atoms with Crippen LogP contribution in [0.3, 0.4) is 0 Å². The van der Waals surface area contributed by atoms with Gasteiger partial charge in [-0.2, -0.15) is 0 Å². The number of esters is 1. The van der Waals surface area contributed by atoms with E-state index in [0.29, 0.717) is 6.42 Å². The zero-order valence-electron chi connectivity index (χ0n) is 8.39. The summed E-state index contributed by atoms with van der Waals surface area (Å²) >= 11 is 0. The first-order valence-corrected chi connectivity index (χ1v) is 4.36. The fraction of sp³-hybridized carbons (Fsp3) is 0.889. The van der Waals surface area contributed by atoms with Gasteiger partial charge in [-0.05, 0) is 12.3 Å². The number of nitrogens with two attached hydrogens (primary N) is 1. The summed E-state index contributed by atoms with van der Waals surface area (Å²) in [5.74, 6) is -0.191. The van der Waals surface area contributed by atoms with Crippen LogP contribution in [0.4, 0.5) is 0 Å². The van der Waals surface area contributed by atoms with Gasteiger partial charge in [0.1, 0.15) is 5.54 Å². The Kier molecular flexibility index (Phi) is 4.24. The van der Waals surface area contributed by atoms with Crippen LogP contribution in [0.2, 0.25) is 0 Å². The molecule has 0 aromatic rings. The van der Waals surface area contributed by atoms with E-state index < -0.39 is 5.54 Å². The van der Waals surface area contributed by atoms with Gasteiger partial charge in [-0.25, -0.2) is 0 Å². The first-order valence-electron chi connectivity index (χ1n) is 4.36. The van der Waals surface area contributed by atoms with Crippen LogP contribution in [-0.2, 0) is 9.53 Å². The predicted molar refractivity (Wildman–Crippen MR) is 48.7 cm³/mol. The molecular weight excluding hydrogens is 154 g/mol. The van der Waals surface area contributed by atoms with Crippen molar-refractivity contribution in [3.8, 4) is 0 Å². The third kappa shape index (κ3) is 2.21. The molecule has 0 aromatic heterocycles. The Morgan fingerprint density at radius 1 is 1.58 bits per heavy atom. The molecular formula is C9H19NO2. The van der Waals surface area contributed by atoms with Gasteiger partial charge in [-0.15, -0.1) is 0 Å². The molecule has 0 saturated carbocycles. The molecule has 72 valence electrons. The second kappa shape index (κ2) is 4.45. The molecule has 3 heteroatoms. The highest BCUT2D eigenvalue weighted by molar-refractivity contribution is 5.80. The van der Waals surface area contributed by atoms with Crippen LogP contribution < -0.4 is 5.73 Å². The van der Waals surface area contributed by atoms with E-state index in [4.69, 9.17) is 5.73 Å². The SMILES string of the molecule is CCCC(N)(C(=O)OC)C(C)C. The second-order valence-corrected chi connectivity index (χ2v) is 3.44. The van der Waals surface area contributed by atoms with Crippen molar-refractivity contribution in [3.05, 3.63) is 0 Å². The maximum atomic E-state index is 11.3. The summed E-state index contributed by atoms with van der Waals surface area (Å²) in [5, 5.41) is 0. The summed E-state index contributed by atoms with van der Waals surface area (Å²) in [6.07, 6.45) is 1.57. The van der Waals surface area contributed by atoms with Gasteiger partial charge in [0.15, 0.2) is 0 Å². The Labute approximate surface area is 74.3 Å². The topological polar surface area (TPSA) is 52.3 Å². The molecule has 0 aliphatic rings. The van der Waals surface area contributed by atoms with E-state index >= 15 is 0 Å². The maximum absolute atomic E-state index is 11.3. The molecule has 0 radical (unpaired) electrons. The van der Waals surface area contributed by atoms with Gasteiger partial charge in [0.25, 0.3) is 0 Å². The van der Waals surface area contributed by atoms with Crippen molar-refractivity contribution < 1.29 is 9.53 Å². The lowest BCUT2D eigenvalue weighted by atomic mass is 9.83. The van der Waals surface area contributed by atoms with Gasteiger partial charge in [0.05, 0.1) is 7.11 Å². The molecule has 0 aromatic carbocycles. The first kappa shape index (κ1) is 11.4. The molecule has 0 bridgehead atoms. The standard InChI is InChI=1S/C9H19NO2/c1-5-6-9(10,7(2)3)8(11)12-4/h7H,5-6,10H2,1-4H3. The van der Waals surface area contributed by atoms with Crippen molar-refractivity contribution in [2.24, 2.45) is 11.7 Å². The number of ether oxygens (including phenoxy) is 1. The molecule has 0 rings (SSSR count). The van der Waals surface area contributed by atoms with E-state index in [-0.39, 0.29) is 11.9 Å². The Bertz CT molecular complexity index is 157. The highest BCUT2D eigenvalue weighted by atomic mass is 16.5. The lowest BCUT2D eigenvalue weighted by Gasteiger charge is -2.29. The lowest BCUT2D eigenvalue weighted by molar-refractivity contribution is -0.149. The fourth-order valence-electron chi connectivity index (χ4n) is 1.23. The summed E-state index contributed by atoms with van der Waals surface area (Å²) in [4.78, 5) is 11.3. The van der Waals surface area contributed by atoms with Crippen LogP contribution in [0.15, 0.2) is 0 Å². The van der Waals surface area contributed by atoms with Crippen LogP contribution in [0.25, 0.3) is 0 Å². The fourth-order valence-corrected chi connectivity index (χ4v) is 1.23. The molecule has 0 heterocycles. The summed E-state index contributed by atoms with van der Waals surface area (Å²) < 4.78 is 4.67. The lowest BCUT2D eigenvalue weighted by Crippen LogP contribution is -2.52. The summed E-state index contributed by atoms with van der Waals surface area (Å²) in [5.41, 5.74) is 5.13. The third-order valence-corrected chi connectivity index (χ3v) is 2.26. The minimum Gasteiger partial charge on any atom is -0.468 e. The third-order valence-electron chi connectivity index (χ3n) is 2.26. The van der Waals surface area contributed by atoms with Crippen LogP contribution in [0.1, 0.15) is 33.6 Å². The average molecular weight is 173 g/mol. The Balaban J connectivity index is 4.49. The van der Waals surface area contributed by atoms with Crippen molar-refractivity contribution >= 4 is 5.97 Å². The normalized spacial score (nSPS) is 15.8. The van der Waals surface area contributed by atoms with E-state index in [1.165, 1.54) is 7.11 Å². The number of methoxy groups -OCH3 is 1. The van der Waals surface area contributed by atoms with E-state index in [2.05, 4.69) is 4.74 Å². The van der Waals surface area contributed by atoms with Crippen molar-refractivity contribution in [1.29, 1.82) is 0 Å². The maximum Gasteiger partial charge on any atom is 0.326 e. The van der Waals surface area contributed by atoms with Gasteiger partial charge >= 0.3 is 5.97 Å². The highest BCUT2D eigenvalue weighted by Crippen LogP contribution is 2.21. The van der Waals surface area contributed by atoms with E-state index in [9.17, 15) is 4.79 Å². The van der Waals surface area contributed by atoms with E-state index in [0.717, 1.165) is 6.42 Å². The van der Waals surface area contributed by atoms with Gasteiger partial charge in [0.2, 0.25) is 0 Å². The number of hydrogen-bond acceptors (Lipinski definition) is 3. The molecule has 1 unspecified atom stereocenters. The largest absolute Gasteiger partial charge is 0.468 e. The molecule has 0 aliphatic heterocycles. The zero-order valence-corrected chi connectivity index (χ0v) is 8.39. The van der Waals surface area contributed by atoms with E-state index in [1.54, 1.807) is 0 Å². The zero-order chi connectivity index (χ0) is 9.78. The smallest absolute Gasteiger partial charge is 0.326 e. The van der Waals surface area contributed by atoms with Gasteiger partial charge in [0, 0.05) is 0 Å². The predicted octanol–water partition coefficient (Wildman–Crippen LogP) is 1.31. The van der Waals surface area contributed by atoms with Crippen molar-refractivity contribution in [2.75, 3.05) is 7.11 Å². The monoisotopic (exact) mass is 173 g/mol. The number of carbonyl (C=O) groups excluding carboxylic acids is 1. The van der Waals surface area contributed by atoms with Crippen LogP contribution in [0, 0.1) is 5.92 Å². The van der Waals surface area contributed by atoms with Gasteiger partial charge in [-0.3, -0.25) is 4.79 Å². The Morgan fingerprint density at radius 2 is 2.08 bits per heavy atom. The van der Waals surface area contributed by atoms with Crippen molar-refractivity contribution in [3.63, 3.8) is 0 Å². The summed E-state index contributed by atoms with van der Waals surface area (Å²) in [6, 6.07) is 0. The number of carbonyl (C=O) groups is 1. The van der Waals surface area contributed by atoms with E-state index in [1.807, 2.05) is 20.8 Å². The quantitative estimate of drug-likeness (QED) is 0.652. The van der Waals surface area contributed by atoms with Crippen LogP contribution in [0.5, 0.6) is 0 Å².